The highest BCUT2D eigenvalue weighted by Crippen LogP contribution is 2.25. The van der Waals surface area contributed by atoms with Crippen molar-refractivity contribution in [1.29, 1.82) is 0 Å². The van der Waals surface area contributed by atoms with Gasteiger partial charge >= 0.3 is 6.09 Å². The number of nitrogens with zero attached hydrogens (tertiary/aromatic N) is 3. The van der Waals surface area contributed by atoms with E-state index in [1.165, 1.54) is 0 Å². The molecule has 1 unspecified atom stereocenters. The Morgan fingerprint density at radius 3 is 2.81 bits per heavy atom. The van der Waals surface area contributed by atoms with Gasteiger partial charge in [0.1, 0.15) is 5.60 Å². The molecule has 1 fully saturated rings. The van der Waals surface area contributed by atoms with Gasteiger partial charge in [-0.1, -0.05) is 6.07 Å². The minimum atomic E-state index is -0.536. The molecule has 1 aromatic rings. The quantitative estimate of drug-likeness (QED) is 0.353. The minimum Gasteiger partial charge on any atom is -0.444 e. The zero-order chi connectivity index (χ0) is 22.7. The lowest BCUT2D eigenvalue weighted by Crippen LogP contribution is -2.41. The number of aliphatic imine (C=N–C) groups is 1. The van der Waals surface area contributed by atoms with Crippen molar-refractivity contribution in [2.75, 3.05) is 32.8 Å². The number of nitrogens with one attached hydrogen (secondary N) is 2. The van der Waals surface area contributed by atoms with Gasteiger partial charge in [-0.3, -0.25) is 9.98 Å². The van der Waals surface area contributed by atoms with Crippen LogP contribution in [0.1, 0.15) is 59.4 Å². The molecule has 1 amide bonds. The molecule has 1 aromatic heterocycles. The van der Waals surface area contributed by atoms with Gasteiger partial charge in [0.05, 0.1) is 18.7 Å². The summed E-state index contributed by atoms with van der Waals surface area (Å²) in [6.07, 6.45) is 6.07. The Morgan fingerprint density at radius 1 is 1.39 bits per heavy atom. The van der Waals surface area contributed by atoms with Crippen molar-refractivity contribution in [2.45, 2.75) is 71.6 Å². The van der Waals surface area contributed by atoms with Gasteiger partial charge in [-0.15, -0.1) is 0 Å². The summed E-state index contributed by atoms with van der Waals surface area (Å²) >= 11 is 0. The molecule has 0 aromatic carbocycles. The summed E-state index contributed by atoms with van der Waals surface area (Å²) in [5, 5.41) is 6.64. The maximum Gasteiger partial charge on any atom is 0.410 e. The number of guanidine groups is 1. The van der Waals surface area contributed by atoms with Crippen LogP contribution in [0.4, 0.5) is 4.79 Å². The fourth-order valence-corrected chi connectivity index (χ4v) is 3.30. The molecule has 31 heavy (non-hydrogen) atoms. The van der Waals surface area contributed by atoms with Gasteiger partial charge in [0.2, 0.25) is 0 Å². The minimum absolute atomic E-state index is 0.167. The van der Waals surface area contributed by atoms with Gasteiger partial charge in [-0.2, -0.15) is 0 Å². The Kier molecular flexibility index (Phi) is 9.55. The number of aromatic nitrogens is 1. The summed E-state index contributed by atoms with van der Waals surface area (Å²) in [5.41, 5.74) is 0.270. The lowest BCUT2D eigenvalue weighted by atomic mass is 10.0. The largest absolute Gasteiger partial charge is 0.444 e. The second-order valence-corrected chi connectivity index (χ2v) is 9.14. The number of ether oxygens (including phenoxy) is 2. The molecule has 1 saturated heterocycles. The van der Waals surface area contributed by atoms with E-state index in [9.17, 15) is 4.79 Å². The third-order valence-corrected chi connectivity index (χ3v) is 4.86. The van der Waals surface area contributed by atoms with Crippen molar-refractivity contribution in [3.63, 3.8) is 0 Å². The van der Waals surface area contributed by atoms with E-state index >= 15 is 0 Å². The molecule has 2 N–H and O–H groups in total. The normalized spacial score (nSPS) is 19.2. The standard InChI is InChI=1S/C23H39N5O3/c1-6-25-20(27-18-23(5)11-8-15-30-23)26-13-9-14-28(21(29)31-22(2,3)4)17-19-10-7-12-24-16-19/h7,10,12,16H,6,8-9,11,13-15,17-18H2,1-5H3,(H2,25,26,27). The summed E-state index contributed by atoms with van der Waals surface area (Å²) in [6, 6.07) is 3.84. The van der Waals surface area contributed by atoms with Crippen molar-refractivity contribution in [3.05, 3.63) is 30.1 Å². The molecule has 2 heterocycles. The van der Waals surface area contributed by atoms with Crippen LogP contribution < -0.4 is 10.6 Å². The van der Waals surface area contributed by atoms with E-state index in [4.69, 9.17) is 14.5 Å². The molecule has 8 nitrogen and oxygen atoms in total. The van der Waals surface area contributed by atoms with Crippen LogP contribution in [0.25, 0.3) is 0 Å². The highest BCUT2D eigenvalue weighted by Gasteiger charge is 2.29. The lowest BCUT2D eigenvalue weighted by Gasteiger charge is -2.27. The van der Waals surface area contributed by atoms with E-state index in [0.29, 0.717) is 26.2 Å². The predicted octanol–water partition coefficient (Wildman–Crippen LogP) is 3.33. The zero-order valence-corrected chi connectivity index (χ0v) is 19.7. The average molecular weight is 434 g/mol. The molecule has 8 heteroatoms. The first-order valence-corrected chi connectivity index (χ1v) is 11.2. The Balaban J connectivity index is 1.89. The van der Waals surface area contributed by atoms with E-state index in [0.717, 1.165) is 43.9 Å². The van der Waals surface area contributed by atoms with Crippen LogP contribution in [-0.4, -0.2) is 65.9 Å². The van der Waals surface area contributed by atoms with Gasteiger partial charge in [-0.05, 0) is 65.5 Å². The van der Waals surface area contributed by atoms with Gasteiger partial charge in [0, 0.05) is 38.6 Å². The third kappa shape index (κ3) is 9.55. The van der Waals surface area contributed by atoms with Crippen molar-refractivity contribution in [1.82, 2.24) is 20.5 Å². The first-order valence-electron chi connectivity index (χ1n) is 11.2. The zero-order valence-electron chi connectivity index (χ0n) is 19.7. The lowest BCUT2D eigenvalue weighted by molar-refractivity contribution is 0.0231. The molecule has 0 saturated carbocycles. The van der Waals surface area contributed by atoms with Crippen molar-refractivity contribution in [3.8, 4) is 0 Å². The Hall–Kier alpha value is -2.35. The van der Waals surface area contributed by atoms with Crippen LogP contribution in [0.15, 0.2) is 29.5 Å². The molecule has 0 radical (unpaired) electrons. The van der Waals surface area contributed by atoms with Crippen molar-refractivity contribution in [2.24, 2.45) is 4.99 Å². The van der Waals surface area contributed by atoms with Gasteiger partial charge in [0.25, 0.3) is 0 Å². The van der Waals surface area contributed by atoms with E-state index in [-0.39, 0.29) is 11.7 Å². The third-order valence-electron chi connectivity index (χ3n) is 4.86. The first-order chi connectivity index (χ1) is 14.7. The van der Waals surface area contributed by atoms with Crippen LogP contribution in [0, 0.1) is 0 Å². The van der Waals surface area contributed by atoms with E-state index in [1.807, 2.05) is 39.8 Å². The van der Waals surface area contributed by atoms with Crippen LogP contribution in [0.5, 0.6) is 0 Å². The number of rotatable bonds is 9. The second-order valence-electron chi connectivity index (χ2n) is 9.14. The van der Waals surface area contributed by atoms with Crippen LogP contribution in [0.3, 0.4) is 0 Å². The molecule has 0 bridgehead atoms. The molecular formula is C23H39N5O3. The topological polar surface area (TPSA) is 88.1 Å². The van der Waals surface area contributed by atoms with Crippen molar-refractivity contribution < 1.29 is 14.3 Å². The molecule has 1 aliphatic rings. The number of carbonyl (C=O) groups excluding carboxylic acids is 1. The average Bonchev–Trinajstić information content (AvgIpc) is 3.14. The molecule has 174 valence electrons. The Bertz CT molecular complexity index is 697. The second kappa shape index (κ2) is 11.9. The van der Waals surface area contributed by atoms with E-state index in [1.54, 1.807) is 17.3 Å². The van der Waals surface area contributed by atoms with Gasteiger partial charge in [-0.25, -0.2) is 4.79 Å². The number of hydrogen-bond donors (Lipinski definition) is 2. The highest BCUT2D eigenvalue weighted by molar-refractivity contribution is 5.79. The maximum atomic E-state index is 12.7. The fourth-order valence-electron chi connectivity index (χ4n) is 3.30. The van der Waals surface area contributed by atoms with Gasteiger partial charge < -0.3 is 25.0 Å². The van der Waals surface area contributed by atoms with Crippen LogP contribution in [-0.2, 0) is 16.0 Å². The molecule has 2 rings (SSSR count). The van der Waals surface area contributed by atoms with E-state index in [2.05, 4.69) is 22.5 Å². The predicted molar refractivity (Wildman–Crippen MR) is 123 cm³/mol. The number of pyridine rings is 1. The fraction of sp³-hybridized carbons (Fsp3) is 0.696. The number of carbonyl (C=O) groups is 1. The summed E-state index contributed by atoms with van der Waals surface area (Å²) in [6.45, 7) is 13.7. The molecule has 1 aliphatic heterocycles. The number of hydrogen-bond acceptors (Lipinski definition) is 5. The SMILES string of the molecule is CCNC(=NCC1(C)CCCO1)NCCCN(Cc1cccnc1)C(=O)OC(C)(C)C. The molecular weight excluding hydrogens is 394 g/mol. The van der Waals surface area contributed by atoms with Crippen LogP contribution >= 0.6 is 0 Å². The Morgan fingerprint density at radius 2 is 2.19 bits per heavy atom. The summed E-state index contributed by atoms with van der Waals surface area (Å²) in [4.78, 5) is 23.3. The van der Waals surface area contributed by atoms with Crippen molar-refractivity contribution >= 4 is 12.1 Å². The molecule has 0 aliphatic carbocycles. The summed E-state index contributed by atoms with van der Waals surface area (Å²) < 4.78 is 11.4. The van der Waals surface area contributed by atoms with Crippen LogP contribution in [0.2, 0.25) is 0 Å². The number of amides is 1. The summed E-state index contributed by atoms with van der Waals surface area (Å²) in [7, 11) is 0. The van der Waals surface area contributed by atoms with E-state index < -0.39 is 5.60 Å². The van der Waals surface area contributed by atoms with Gasteiger partial charge in [0.15, 0.2) is 5.96 Å². The monoisotopic (exact) mass is 433 g/mol. The molecule has 1 atom stereocenters. The Labute approximate surface area is 186 Å². The maximum absolute atomic E-state index is 12.7. The molecule has 0 spiro atoms. The first kappa shape index (κ1) is 24.9. The smallest absolute Gasteiger partial charge is 0.410 e. The summed E-state index contributed by atoms with van der Waals surface area (Å²) in [5.74, 6) is 0.773. The highest BCUT2D eigenvalue weighted by atomic mass is 16.6.